The van der Waals surface area contributed by atoms with Gasteiger partial charge < -0.3 is 10.2 Å². The van der Waals surface area contributed by atoms with E-state index in [4.69, 9.17) is 0 Å². The van der Waals surface area contributed by atoms with Crippen LogP contribution in [-0.2, 0) is 26.2 Å². The monoisotopic (exact) mass is 505 g/mol. The molecule has 0 aliphatic carbocycles. The Bertz CT molecular complexity index is 1120. The van der Waals surface area contributed by atoms with E-state index in [0.717, 1.165) is 21.7 Å². The number of hydrogen-bond donors (Lipinski definition) is 1. The Labute approximate surface area is 208 Å². The molecular formula is C26H36FN3O4S. The summed E-state index contributed by atoms with van der Waals surface area (Å²) in [6, 6.07) is 12.6. The molecule has 0 bridgehead atoms. The van der Waals surface area contributed by atoms with Crippen molar-refractivity contribution in [1.29, 1.82) is 0 Å². The summed E-state index contributed by atoms with van der Waals surface area (Å²) in [7, 11) is -3.75. The minimum absolute atomic E-state index is 0.00802. The molecule has 0 aliphatic heterocycles. The third-order valence-corrected chi connectivity index (χ3v) is 6.74. The predicted octanol–water partition coefficient (Wildman–Crippen LogP) is 3.87. The van der Waals surface area contributed by atoms with E-state index in [0.29, 0.717) is 6.54 Å². The van der Waals surface area contributed by atoms with Crippen molar-refractivity contribution >= 4 is 27.5 Å². The molecule has 7 nitrogen and oxygen atoms in total. The number of aryl methyl sites for hydroxylation is 1. The fraction of sp³-hybridized carbons (Fsp3) is 0.462. The number of anilines is 1. The van der Waals surface area contributed by atoms with E-state index < -0.39 is 21.9 Å². The van der Waals surface area contributed by atoms with Crippen molar-refractivity contribution in [3.63, 3.8) is 0 Å². The normalized spacial score (nSPS) is 12.3. The molecule has 9 heteroatoms. The first kappa shape index (κ1) is 28.3. The molecule has 0 fully saturated rings. The van der Waals surface area contributed by atoms with Crippen LogP contribution in [0.15, 0.2) is 48.5 Å². The summed E-state index contributed by atoms with van der Waals surface area (Å²) < 4.78 is 39.8. The van der Waals surface area contributed by atoms with Crippen molar-refractivity contribution in [2.24, 2.45) is 5.92 Å². The topological polar surface area (TPSA) is 86.8 Å². The highest BCUT2D eigenvalue weighted by molar-refractivity contribution is 7.92. The van der Waals surface area contributed by atoms with Gasteiger partial charge in [-0.05, 0) is 43.9 Å². The number of halogens is 1. The smallest absolute Gasteiger partial charge is 0.242 e. The predicted molar refractivity (Wildman–Crippen MR) is 137 cm³/mol. The summed E-state index contributed by atoms with van der Waals surface area (Å²) in [5, 5.41) is 2.87. The quantitative estimate of drug-likeness (QED) is 0.475. The highest BCUT2D eigenvalue weighted by Crippen LogP contribution is 2.22. The molecule has 2 aromatic carbocycles. The van der Waals surface area contributed by atoms with Gasteiger partial charge in [0.1, 0.15) is 11.9 Å². The molecule has 0 aromatic heterocycles. The largest absolute Gasteiger partial charge is 0.354 e. The molecule has 0 aliphatic rings. The number of benzene rings is 2. The number of nitrogens with zero attached hydrogens (tertiary/aromatic N) is 2. The SMILES string of the molecule is Cc1cccc(CN(C(=O)CCCN(c2ccccc2F)S(C)(=O)=O)[C@H](C)C(=O)NCC(C)C)c1. The first-order valence-corrected chi connectivity index (χ1v) is 13.6. The molecule has 192 valence electrons. The van der Waals surface area contributed by atoms with Crippen molar-refractivity contribution in [3.8, 4) is 0 Å². The minimum Gasteiger partial charge on any atom is -0.354 e. The van der Waals surface area contributed by atoms with Crippen LogP contribution < -0.4 is 9.62 Å². The Morgan fingerprint density at radius 3 is 2.34 bits per heavy atom. The van der Waals surface area contributed by atoms with Crippen LogP contribution in [0.2, 0.25) is 0 Å². The second-order valence-corrected chi connectivity index (χ2v) is 11.1. The first-order valence-electron chi connectivity index (χ1n) is 11.7. The summed E-state index contributed by atoms with van der Waals surface area (Å²) in [5.41, 5.74) is 1.88. The number of para-hydroxylation sites is 1. The Hall–Kier alpha value is -2.94. The average molecular weight is 506 g/mol. The molecule has 0 unspecified atom stereocenters. The molecular weight excluding hydrogens is 469 g/mol. The Balaban J connectivity index is 2.17. The molecule has 35 heavy (non-hydrogen) atoms. The van der Waals surface area contributed by atoms with Gasteiger partial charge in [-0.25, -0.2) is 12.8 Å². The number of carbonyl (C=O) groups is 2. The van der Waals surface area contributed by atoms with E-state index in [9.17, 15) is 22.4 Å². The average Bonchev–Trinajstić information content (AvgIpc) is 2.78. The third-order valence-electron chi connectivity index (χ3n) is 5.56. The lowest BCUT2D eigenvalue weighted by Gasteiger charge is -2.30. The number of nitrogens with one attached hydrogen (secondary N) is 1. The van der Waals surface area contributed by atoms with Gasteiger partial charge in [-0.15, -0.1) is 0 Å². The van der Waals surface area contributed by atoms with Gasteiger partial charge in [0.05, 0.1) is 11.9 Å². The van der Waals surface area contributed by atoms with Crippen molar-refractivity contribution in [1.82, 2.24) is 10.2 Å². The van der Waals surface area contributed by atoms with Crippen LogP contribution in [0.1, 0.15) is 44.7 Å². The Morgan fingerprint density at radius 1 is 1.06 bits per heavy atom. The second-order valence-electron chi connectivity index (χ2n) is 9.22. The summed E-state index contributed by atoms with van der Waals surface area (Å²) in [6.45, 7) is 8.31. The van der Waals surface area contributed by atoms with Gasteiger partial charge in [-0.2, -0.15) is 0 Å². The lowest BCUT2D eigenvalue weighted by atomic mass is 10.1. The molecule has 0 heterocycles. The Morgan fingerprint density at radius 2 is 1.74 bits per heavy atom. The summed E-state index contributed by atoms with van der Waals surface area (Å²) >= 11 is 0. The molecule has 0 saturated carbocycles. The van der Waals surface area contributed by atoms with Crippen LogP contribution in [0.4, 0.5) is 10.1 Å². The minimum atomic E-state index is -3.75. The summed E-state index contributed by atoms with van der Waals surface area (Å²) in [4.78, 5) is 27.5. The zero-order chi connectivity index (χ0) is 26.2. The summed E-state index contributed by atoms with van der Waals surface area (Å²) in [6.07, 6.45) is 1.19. The maximum Gasteiger partial charge on any atom is 0.242 e. The van der Waals surface area contributed by atoms with Crippen LogP contribution >= 0.6 is 0 Å². The zero-order valence-electron chi connectivity index (χ0n) is 21.1. The van der Waals surface area contributed by atoms with E-state index >= 15 is 0 Å². The zero-order valence-corrected chi connectivity index (χ0v) is 21.9. The van der Waals surface area contributed by atoms with E-state index in [1.807, 2.05) is 45.0 Å². The van der Waals surface area contributed by atoms with Crippen molar-refractivity contribution < 1.29 is 22.4 Å². The second kappa shape index (κ2) is 12.7. The standard InChI is InChI=1S/C26H36FN3O4S/c1-19(2)17-28-26(32)21(4)29(18-22-11-8-10-20(3)16-22)25(31)14-9-15-30(35(5,33)34)24-13-7-6-12-23(24)27/h6-8,10-13,16,19,21H,9,14-15,17-18H2,1-5H3,(H,28,32)/t21-/m1/s1. The van der Waals surface area contributed by atoms with Crippen molar-refractivity contribution in [3.05, 3.63) is 65.5 Å². The molecule has 0 saturated heterocycles. The number of amides is 2. The van der Waals surface area contributed by atoms with E-state index in [1.165, 1.54) is 23.1 Å². The van der Waals surface area contributed by atoms with E-state index in [1.54, 1.807) is 13.0 Å². The van der Waals surface area contributed by atoms with Crippen molar-refractivity contribution in [2.45, 2.75) is 53.1 Å². The van der Waals surface area contributed by atoms with Gasteiger partial charge in [-0.3, -0.25) is 13.9 Å². The molecule has 2 amide bonds. The Kier molecular flexibility index (Phi) is 10.2. The van der Waals surface area contributed by atoms with Crippen LogP contribution in [0.25, 0.3) is 0 Å². The molecule has 1 atom stereocenters. The molecule has 0 radical (unpaired) electrons. The first-order chi connectivity index (χ1) is 16.4. The maximum absolute atomic E-state index is 14.3. The fourth-order valence-corrected chi connectivity index (χ4v) is 4.64. The van der Waals surface area contributed by atoms with Crippen LogP contribution in [0, 0.1) is 18.7 Å². The van der Waals surface area contributed by atoms with E-state index in [-0.39, 0.29) is 49.4 Å². The summed E-state index contributed by atoms with van der Waals surface area (Å²) in [5.74, 6) is -0.905. The van der Waals surface area contributed by atoms with Gasteiger partial charge >= 0.3 is 0 Å². The van der Waals surface area contributed by atoms with Gasteiger partial charge in [0, 0.05) is 26.1 Å². The number of sulfonamides is 1. The van der Waals surface area contributed by atoms with Gasteiger partial charge in [0.15, 0.2) is 0 Å². The van der Waals surface area contributed by atoms with Gasteiger partial charge in [-0.1, -0.05) is 55.8 Å². The number of hydrogen-bond acceptors (Lipinski definition) is 4. The molecule has 2 rings (SSSR count). The fourth-order valence-electron chi connectivity index (χ4n) is 3.68. The van der Waals surface area contributed by atoms with Gasteiger partial charge in [0.2, 0.25) is 21.8 Å². The lowest BCUT2D eigenvalue weighted by molar-refractivity contribution is -0.140. The third kappa shape index (κ3) is 8.65. The maximum atomic E-state index is 14.3. The number of rotatable bonds is 12. The molecule has 2 aromatic rings. The van der Waals surface area contributed by atoms with Crippen LogP contribution in [0.5, 0.6) is 0 Å². The molecule has 0 spiro atoms. The highest BCUT2D eigenvalue weighted by atomic mass is 32.2. The highest BCUT2D eigenvalue weighted by Gasteiger charge is 2.27. The van der Waals surface area contributed by atoms with Crippen LogP contribution in [0.3, 0.4) is 0 Å². The van der Waals surface area contributed by atoms with Gasteiger partial charge in [0.25, 0.3) is 0 Å². The molecule has 1 N–H and O–H groups in total. The van der Waals surface area contributed by atoms with Crippen LogP contribution in [-0.4, -0.2) is 50.5 Å². The van der Waals surface area contributed by atoms with Crippen molar-refractivity contribution in [2.75, 3.05) is 23.7 Å². The number of carbonyl (C=O) groups excluding carboxylic acids is 2. The lowest BCUT2D eigenvalue weighted by Crippen LogP contribution is -2.48. The van der Waals surface area contributed by atoms with E-state index in [2.05, 4.69) is 5.32 Å².